The van der Waals surface area contributed by atoms with Crippen LogP contribution < -0.4 is 4.74 Å². The van der Waals surface area contributed by atoms with E-state index < -0.39 is 0 Å². The van der Waals surface area contributed by atoms with E-state index in [2.05, 4.69) is 26.2 Å². The Morgan fingerprint density at radius 3 is 2.29 bits per heavy atom. The van der Waals surface area contributed by atoms with Crippen molar-refractivity contribution in [2.75, 3.05) is 0 Å². The van der Waals surface area contributed by atoms with Crippen molar-refractivity contribution < 1.29 is 13.3 Å². The molecule has 0 saturated carbocycles. The Hall–Kier alpha value is -1.64. The van der Waals surface area contributed by atoms with E-state index in [0.717, 1.165) is 16.8 Å². The highest BCUT2D eigenvalue weighted by Crippen LogP contribution is 2.26. The molecule has 2 aromatic carbocycles. The average molecular weight is 453 g/mol. The molecule has 0 bridgehead atoms. The number of nitrogens with zero attached hydrogens (tertiary/aromatic N) is 1. The lowest BCUT2D eigenvalue weighted by Crippen LogP contribution is -1.90. The third-order valence-corrected chi connectivity index (χ3v) is 4.26. The van der Waals surface area contributed by atoms with Gasteiger partial charge < -0.3 is 8.92 Å². The average Bonchev–Trinajstić information content (AvgIpc) is 2.63. The summed E-state index contributed by atoms with van der Waals surface area (Å²) < 4.78 is 23.9. The van der Waals surface area contributed by atoms with Gasteiger partial charge in [0.1, 0.15) is 17.3 Å². The van der Waals surface area contributed by atoms with Crippen LogP contribution >= 0.6 is 30.4 Å². The third-order valence-electron chi connectivity index (χ3n) is 3.29. The SMILES string of the molecule is Fc1ccc(Oc2ccc(-c3cc(COSI)ccn3)cc2)cc1. The second kappa shape index (κ2) is 8.46. The lowest BCUT2D eigenvalue weighted by molar-refractivity contribution is 0.371. The first-order chi connectivity index (χ1) is 11.7. The van der Waals surface area contributed by atoms with Crippen molar-refractivity contribution in [3.8, 4) is 22.8 Å². The van der Waals surface area contributed by atoms with E-state index in [1.54, 1.807) is 18.3 Å². The van der Waals surface area contributed by atoms with Crippen molar-refractivity contribution in [3.05, 3.63) is 78.2 Å². The molecular weight excluding hydrogens is 440 g/mol. The fourth-order valence-corrected chi connectivity index (χ4v) is 2.71. The number of rotatable bonds is 6. The van der Waals surface area contributed by atoms with Gasteiger partial charge in [-0.15, -0.1) is 0 Å². The normalized spacial score (nSPS) is 10.6. The number of hydrogen-bond donors (Lipinski definition) is 0. The number of halogens is 2. The zero-order chi connectivity index (χ0) is 16.8. The van der Waals surface area contributed by atoms with Gasteiger partial charge in [-0.3, -0.25) is 4.98 Å². The summed E-state index contributed by atoms with van der Waals surface area (Å²) in [7, 11) is 1.31. The van der Waals surface area contributed by atoms with Crippen molar-refractivity contribution in [3.63, 3.8) is 0 Å². The van der Waals surface area contributed by atoms with Gasteiger partial charge in [0, 0.05) is 33.0 Å². The molecule has 0 aliphatic rings. The van der Waals surface area contributed by atoms with Gasteiger partial charge in [-0.2, -0.15) is 0 Å². The number of aromatic nitrogens is 1. The van der Waals surface area contributed by atoms with Crippen LogP contribution in [0, 0.1) is 5.82 Å². The molecule has 0 atom stereocenters. The smallest absolute Gasteiger partial charge is 0.127 e. The molecule has 1 heterocycles. The fraction of sp³-hybridized carbons (Fsp3) is 0.0556. The largest absolute Gasteiger partial charge is 0.457 e. The summed E-state index contributed by atoms with van der Waals surface area (Å²) in [6.07, 6.45) is 1.77. The molecule has 6 heteroatoms. The van der Waals surface area contributed by atoms with Crippen LogP contribution in [0.25, 0.3) is 11.3 Å². The van der Waals surface area contributed by atoms with E-state index in [-0.39, 0.29) is 5.82 Å². The molecule has 3 aromatic rings. The second-order valence-corrected chi connectivity index (χ2v) is 6.40. The first kappa shape index (κ1) is 17.2. The van der Waals surface area contributed by atoms with Crippen LogP contribution in [0.15, 0.2) is 66.9 Å². The minimum Gasteiger partial charge on any atom is -0.457 e. The fourth-order valence-electron chi connectivity index (χ4n) is 2.14. The molecule has 0 radical (unpaired) electrons. The van der Waals surface area contributed by atoms with Crippen molar-refractivity contribution in [1.29, 1.82) is 0 Å². The van der Waals surface area contributed by atoms with Crippen LogP contribution in [0.3, 0.4) is 0 Å². The molecule has 3 rings (SSSR count). The maximum absolute atomic E-state index is 12.9. The molecule has 0 spiro atoms. The summed E-state index contributed by atoms with van der Waals surface area (Å²) in [6, 6.07) is 17.5. The Labute approximate surface area is 156 Å². The molecule has 24 heavy (non-hydrogen) atoms. The summed E-state index contributed by atoms with van der Waals surface area (Å²) in [6.45, 7) is 0.537. The van der Waals surface area contributed by atoms with Gasteiger partial charge in [0.2, 0.25) is 0 Å². The van der Waals surface area contributed by atoms with Crippen LogP contribution in [0.1, 0.15) is 5.56 Å². The maximum Gasteiger partial charge on any atom is 0.127 e. The third kappa shape index (κ3) is 4.68. The lowest BCUT2D eigenvalue weighted by atomic mass is 10.1. The standard InChI is InChI=1S/C18H13FINO2S/c19-15-3-7-17(8-4-15)23-16-5-1-14(2-6-16)18-11-13(9-10-21-18)12-22-24-20/h1-11H,12H2. The minimum absolute atomic E-state index is 0.284. The van der Waals surface area contributed by atoms with E-state index in [1.165, 1.54) is 21.3 Å². The first-order valence-electron chi connectivity index (χ1n) is 7.13. The van der Waals surface area contributed by atoms with Crippen LogP contribution in [-0.4, -0.2) is 4.98 Å². The van der Waals surface area contributed by atoms with E-state index in [4.69, 9.17) is 8.92 Å². The Bertz CT molecular complexity index is 797. The minimum atomic E-state index is -0.284. The Morgan fingerprint density at radius 1 is 0.958 bits per heavy atom. The summed E-state index contributed by atoms with van der Waals surface area (Å²) in [5.41, 5.74) is 2.93. The summed E-state index contributed by atoms with van der Waals surface area (Å²) in [4.78, 5) is 4.39. The molecule has 0 saturated heterocycles. The van der Waals surface area contributed by atoms with Gasteiger partial charge in [-0.05, 0) is 66.2 Å². The summed E-state index contributed by atoms with van der Waals surface area (Å²) >= 11 is 2.09. The molecule has 0 unspecified atom stereocenters. The highest BCUT2D eigenvalue weighted by molar-refractivity contribution is 14.2. The van der Waals surface area contributed by atoms with Crippen LogP contribution in [0.5, 0.6) is 11.5 Å². The van der Waals surface area contributed by atoms with Gasteiger partial charge in [-0.1, -0.05) is 0 Å². The highest BCUT2D eigenvalue weighted by atomic mass is 127. The van der Waals surface area contributed by atoms with Gasteiger partial charge >= 0.3 is 0 Å². The van der Waals surface area contributed by atoms with E-state index in [9.17, 15) is 4.39 Å². The number of ether oxygens (including phenoxy) is 1. The molecule has 0 fully saturated rings. The first-order valence-corrected chi connectivity index (χ1v) is 10.4. The Balaban J connectivity index is 1.73. The number of pyridine rings is 1. The molecular formula is C18H13FINO2S. The zero-order valence-corrected chi connectivity index (χ0v) is 15.5. The van der Waals surface area contributed by atoms with Gasteiger partial charge in [0.15, 0.2) is 0 Å². The molecule has 3 nitrogen and oxygen atoms in total. The van der Waals surface area contributed by atoms with Crippen LogP contribution in [0.4, 0.5) is 4.39 Å². The van der Waals surface area contributed by atoms with E-state index >= 15 is 0 Å². The van der Waals surface area contributed by atoms with Crippen molar-refractivity contribution in [2.24, 2.45) is 0 Å². The second-order valence-electron chi connectivity index (χ2n) is 4.95. The topological polar surface area (TPSA) is 31.4 Å². The zero-order valence-electron chi connectivity index (χ0n) is 12.5. The monoisotopic (exact) mass is 453 g/mol. The van der Waals surface area contributed by atoms with Gasteiger partial charge in [0.05, 0.1) is 21.5 Å². The van der Waals surface area contributed by atoms with E-state index in [0.29, 0.717) is 18.1 Å². The van der Waals surface area contributed by atoms with Crippen molar-refractivity contribution in [2.45, 2.75) is 6.61 Å². The van der Waals surface area contributed by atoms with Crippen molar-refractivity contribution in [1.82, 2.24) is 4.98 Å². The molecule has 122 valence electrons. The predicted molar refractivity (Wildman–Crippen MR) is 103 cm³/mol. The molecule has 0 amide bonds. The highest BCUT2D eigenvalue weighted by Gasteiger charge is 2.03. The quantitative estimate of drug-likeness (QED) is 0.329. The summed E-state index contributed by atoms with van der Waals surface area (Å²) in [5.74, 6) is 0.998. The van der Waals surface area contributed by atoms with E-state index in [1.807, 2.05) is 36.4 Å². The van der Waals surface area contributed by atoms with Crippen molar-refractivity contribution >= 4 is 30.4 Å². The molecule has 1 aromatic heterocycles. The Morgan fingerprint density at radius 2 is 1.62 bits per heavy atom. The summed E-state index contributed by atoms with van der Waals surface area (Å²) in [5, 5.41) is 0. The predicted octanol–water partition coefficient (Wildman–Crippen LogP) is 6.19. The van der Waals surface area contributed by atoms with Gasteiger partial charge in [-0.25, -0.2) is 4.39 Å². The maximum atomic E-state index is 12.9. The lowest BCUT2D eigenvalue weighted by Gasteiger charge is -2.07. The van der Waals surface area contributed by atoms with Crippen LogP contribution in [-0.2, 0) is 10.8 Å². The van der Waals surface area contributed by atoms with Crippen LogP contribution in [0.2, 0.25) is 0 Å². The molecule has 0 aliphatic carbocycles. The van der Waals surface area contributed by atoms with Gasteiger partial charge in [0.25, 0.3) is 0 Å². The number of hydrogen-bond acceptors (Lipinski definition) is 4. The Kier molecular flexibility index (Phi) is 6.06. The molecule has 0 aliphatic heterocycles. The molecule has 0 N–H and O–H groups in total. The number of benzene rings is 2.